The number of hydrogen-bond donors (Lipinski definition) is 2. The molecule has 1 heterocycles. The van der Waals surface area contributed by atoms with Crippen LogP contribution in [0.5, 0.6) is 5.75 Å². The molecular formula is C15H15F2N5O. The Hall–Kier alpha value is -2.95. The Balaban J connectivity index is 1.99. The van der Waals surface area contributed by atoms with E-state index in [9.17, 15) is 8.78 Å². The highest BCUT2D eigenvalue weighted by Gasteiger charge is 2.09. The van der Waals surface area contributed by atoms with E-state index >= 15 is 0 Å². The van der Waals surface area contributed by atoms with Gasteiger partial charge in [0.05, 0.1) is 6.20 Å². The van der Waals surface area contributed by atoms with E-state index in [1.807, 2.05) is 6.07 Å². The van der Waals surface area contributed by atoms with Crippen molar-refractivity contribution in [2.24, 2.45) is 0 Å². The number of nitriles is 1. The minimum Gasteiger partial charge on any atom is -0.435 e. The fraction of sp³-hybridized carbons (Fsp3) is 0.267. The first kappa shape index (κ1) is 16.4. The lowest BCUT2D eigenvalue weighted by Gasteiger charge is -2.11. The van der Waals surface area contributed by atoms with Gasteiger partial charge in [0.25, 0.3) is 0 Å². The Labute approximate surface area is 132 Å². The predicted molar refractivity (Wildman–Crippen MR) is 81.6 cm³/mol. The van der Waals surface area contributed by atoms with E-state index in [1.165, 1.54) is 12.3 Å². The van der Waals surface area contributed by atoms with E-state index in [-0.39, 0.29) is 5.75 Å². The first-order valence-corrected chi connectivity index (χ1v) is 6.85. The summed E-state index contributed by atoms with van der Waals surface area (Å²) in [7, 11) is 1.66. The summed E-state index contributed by atoms with van der Waals surface area (Å²) in [5.74, 6) is 0.924. The van der Waals surface area contributed by atoms with E-state index in [0.29, 0.717) is 35.9 Å². The fourth-order valence-corrected chi connectivity index (χ4v) is 1.97. The summed E-state index contributed by atoms with van der Waals surface area (Å²) in [6.45, 7) is -2.43. The number of anilines is 2. The Morgan fingerprint density at radius 3 is 2.83 bits per heavy atom. The first-order chi connectivity index (χ1) is 11.1. The largest absolute Gasteiger partial charge is 0.435 e. The van der Waals surface area contributed by atoms with Crippen molar-refractivity contribution < 1.29 is 13.5 Å². The molecule has 0 atom stereocenters. The lowest BCUT2D eigenvalue weighted by atomic mass is 10.1. The molecule has 0 saturated carbocycles. The van der Waals surface area contributed by atoms with Gasteiger partial charge in [-0.2, -0.15) is 19.0 Å². The van der Waals surface area contributed by atoms with Gasteiger partial charge in [0, 0.05) is 13.6 Å². The van der Waals surface area contributed by atoms with Crippen LogP contribution in [0.15, 0.2) is 30.5 Å². The molecule has 23 heavy (non-hydrogen) atoms. The predicted octanol–water partition coefficient (Wildman–Crippen LogP) is 2.65. The van der Waals surface area contributed by atoms with Crippen LogP contribution in [0.25, 0.3) is 0 Å². The molecule has 0 bridgehead atoms. The van der Waals surface area contributed by atoms with Gasteiger partial charge in [-0.3, -0.25) is 0 Å². The minimum absolute atomic E-state index is 0.154. The average molecular weight is 319 g/mol. The number of rotatable bonds is 7. The van der Waals surface area contributed by atoms with Crippen molar-refractivity contribution >= 4 is 11.8 Å². The molecule has 2 aromatic rings. The van der Waals surface area contributed by atoms with Crippen LogP contribution in [-0.2, 0) is 6.42 Å². The van der Waals surface area contributed by atoms with Gasteiger partial charge in [0.2, 0.25) is 5.95 Å². The summed E-state index contributed by atoms with van der Waals surface area (Å²) in [5.41, 5.74) is 0.997. The molecule has 8 heteroatoms. The van der Waals surface area contributed by atoms with Gasteiger partial charge in [0.1, 0.15) is 23.2 Å². The summed E-state index contributed by atoms with van der Waals surface area (Å²) in [6, 6.07) is 8.59. The summed E-state index contributed by atoms with van der Waals surface area (Å²) in [5, 5.41) is 14.7. The second-order valence-corrected chi connectivity index (χ2v) is 4.48. The molecule has 0 aliphatic carbocycles. The molecule has 2 N–H and O–H groups in total. The fourth-order valence-electron chi connectivity index (χ4n) is 1.97. The lowest BCUT2D eigenvalue weighted by molar-refractivity contribution is -0.0504. The molecule has 0 aliphatic rings. The number of hydrogen-bond acceptors (Lipinski definition) is 6. The zero-order valence-corrected chi connectivity index (χ0v) is 12.4. The van der Waals surface area contributed by atoms with E-state index in [2.05, 4.69) is 25.3 Å². The summed E-state index contributed by atoms with van der Waals surface area (Å²) in [6.07, 6.45) is 1.87. The lowest BCUT2D eigenvalue weighted by Crippen LogP contribution is -2.11. The third-order valence-electron chi connectivity index (χ3n) is 3.01. The average Bonchev–Trinajstić information content (AvgIpc) is 2.55. The highest BCUT2D eigenvalue weighted by molar-refractivity contribution is 5.52. The van der Waals surface area contributed by atoms with Crippen molar-refractivity contribution in [3.05, 3.63) is 41.6 Å². The normalized spacial score (nSPS) is 10.2. The molecular weight excluding hydrogens is 304 g/mol. The Kier molecular flexibility index (Phi) is 5.63. The molecule has 0 aliphatic heterocycles. The number of aromatic nitrogens is 2. The quantitative estimate of drug-likeness (QED) is 0.816. The van der Waals surface area contributed by atoms with Gasteiger partial charge in [-0.15, -0.1) is 0 Å². The van der Waals surface area contributed by atoms with Crippen molar-refractivity contribution in [2.45, 2.75) is 13.0 Å². The van der Waals surface area contributed by atoms with Crippen molar-refractivity contribution in [1.29, 1.82) is 5.26 Å². The SMILES string of the molecule is CNc1nc(NCCc2ccccc2OC(F)F)ncc1C#N. The zero-order valence-electron chi connectivity index (χ0n) is 12.4. The molecule has 1 aromatic carbocycles. The molecule has 0 saturated heterocycles. The molecule has 0 spiro atoms. The highest BCUT2D eigenvalue weighted by Crippen LogP contribution is 2.20. The second kappa shape index (κ2) is 7.89. The molecule has 1 aromatic heterocycles. The number of benzene rings is 1. The number of nitrogens with zero attached hydrogens (tertiary/aromatic N) is 3. The van der Waals surface area contributed by atoms with Crippen molar-refractivity contribution in [3.8, 4) is 11.8 Å². The van der Waals surface area contributed by atoms with Crippen molar-refractivity contribution in [1.82, 2.24) is 9.97 Å². The molecule has 0 amide bonds. The number of alkyl halides is 2. The Morgan fingerprint density at radius 1 is 1.35 bits per heavy atom. The first-order valence-electron chi connectivity index (χ1n) is 6.85. The van der Waals surface area contributed by atoms with Crippen LogP contribution in [0.2, 0.25) is 0 Å². The van der Waals surface area contributed by atoms with Crippen molar-refractivity contribution in [3.63, 3.8) is 0 Å². The maximum absolute atomic E-state index is 12.4. The van der Waals surface area contributed by atoms with Crippen LogP contribution in [0.4, 0.5) is 20.5 Å². The van der Waals surface area contributed by atoms with Crippen LogP contribution in [0.1, 0.15) is 11.1 Å². The van der Waals surface area contributed by atoms with Gasteiger partial charge in [-0.25, -0.2) is 4.98 Å². The van der Waals surface area contributed by atoms with Gasteiger partial charge in [-0.1, -0.05) is 18.2 Å². The Morgan fingerprint density at radius 2 is 2.13 bits per heavy atom. The number of ether oxygens (including phenoxy) is 1. The Bertz CT molecular complexity index is 703. The molecule has 6 nitrogen and oxygen atoms in total. The summed E-state index contributed by atoms with van der Waals surface area (Å²) >= 11 is 0. The van der Waals surface area contributed by atoms with Crippen LogP contribution >= 0.6 is 0 Å². The van der Waals surface area contributed by atoms with Crippen LogP contribution in [-0.4, -0.2) is 30.2 Å². The molecule has 0 fully saturated rings. The topological polar surface area (TPSA) is 82.9 Å². The van der Waals surface area contributed by atoms with E-state index < -0.39 is 6.61 Å². The second-order valence-electron chi connectivity index (χ2n) is 4.48. The zero-order chi connectivity index (χ0) is 16.7. The van der Waals surface area contributed by atoms with Gasteiger partial charge in [-0.05, 0) is 18.1 Å². The number of para-hydroxylation sites is 1. The molecule has 120 valence electrons. The maximum Gasteiger partial charge on any atom is 0.387 e. The van der Waals surface area contributed by atoms with Gasteiger partial charge in [0.15, 0.2) is 0 Å². The van der Waals surface area contributed by atoms with Crippen LogP contribution in [0, 0.1) is 11.3 Å². The number of halogens is 2. The smallest absolute Gasteiger partial charge is 0.387 e. The molecule has 0 radical (unpaired) electrons. The monoisotopic (exact) mass is 319 g/mol. The van der Waals surface area contributed by atoms with E-state index in [0.717, 1.165) is 0 Å². The molecule has 0 unspecified atom stereocenters. The van der Waals surface area contributed by atoms with E-state index in [4.69, 9.17) is 5.26 Å². The van der Waals surface area contributed by atoms with E-state index in [1.54, 1.807) is 25.2 Å². The highest BCUT2D eigenvalue weighted by atomic mass is 19.3. The van der Waals surface area contributed by atoms with Crippen LogP contribution < -0.4 is 15.4 Å². The minimum atomic E-state index is -2.86. The third-order valence-corrected chi connectivity index (χ3v) is 3.01. The summed E-state index contributed by atoms with van der Waals surface area (Å²) < 4.78 is 29.2. The van der Waals surface area contributed by atoms with Crippen molar-refractivity contribution in [2.75, 3.05) is 24.2 Å². The molecule has 2 rings (SSSR count). The number of nitrogens with one attached hydrogen (secondary N) is 2. The standard InChI is InChI=1S/C15H15F2N5O/c1-19-13-11(8-18)9-21-15(22-13)20-7-6-10-4-2-3-5-12(10)23-14(16)17/h2-5,9,14H,6-7H2,1H3,(H2,19,20,21,22). The van der Waals surface area contributed by atoms with Gasteiger partial charge >= 0.3 is 6.61 Å². The van der Waals surface area contributed by atoms with Crippen LogP contribution in [0.3, 0.4) is 0 Å². The third kappa shape index (κ3) is 4.51. The summed E-state index contributed by atoms with van der Waals surface area (Å²) in [4.78, 5) is 8.18. The maximum atomic E-state index is 12.4. The van der Waals surface area contributed by atoms with Gasteiger partial charge < -0.3 is 15.4 Å².